The van der Waals surface area contributed by atoms with Gasteiger partial charge in [0.2, 0.25) is 0 Å². The van der Waals surface area contributed by atoms with E-state index in [0.717, 1.165) is 0 Å². The average molecular weight is 236 g/mol. The number of hydrogen-bond donors (Lipinski definition) is 2. The molecule has 0 aliphatic rings. The van der Waals surface area contributed by atoms with Crippen molar-refractivity contribution in [3.63, 3.8) is 0 Å². The van der Waals surface area contributed by atoms with Crippen LogP contribution in [0.4, 0.5) is 10.8 Å². The highest BCUT2D eigenvalue weighted by Crippen LogP contribution is 2.26. The molecule has 2 aromatic rings. The number of thiazole rings is 1. The molecule has 6 nitrogen and oxygen atoms in total. The Morgan fingerprint density at radius 2 is 2.38 bits per heavy atom. The number of nitrogens with zero attached hydrogens (tertiary/aromatic N) is 3. The topological polar surface area (TPSA) is 88.0 Å². The van der Waals surface area contributed by atoms with E-state index in [4.69, 9.17) is 5.11 Å². The molecule has 16 heavy (non-hydrogen) atoms. The Morgan fingerprint density at radius 1 is 1.56 bits per heavy atom. The van der Waals surface area contributed by atoms with Gasteiger partial charge in [-0.3, -0.25) is 0 Å². The number of nitrogens with one attached hydrogen (secondary N) is 1. The summed E-state index contributed by atoms with van der Waals surface area (Å²) in [5, 5.41) is 20.4. The summed E-state index contributed by atoms with van der Waals surface area (Å²) in [4.78, 5) is 14.8. The summed E-state index contributed by atoms with van der Waals surface area (Å²) < 4.78 is 0. The van der Waals surface area contributed by atoms with Gasteiger partial charge in [-0.05, 0) is 19.1 Å². The first-order chi connectivity index (χ1) is 7.66. The predicted octanol–water partition coefficient (Wildman–Crippen LogP) is 1.68. The van der Waals surface area contributed by atoms with Crippen molar-refractivity contribution in [3.05, 3.63) is 29.0 Å². The summed E-state index contributed by atoms with van der Waals surface area (Å²) in [6.07, 6.45) is 1.54. The van der Waals surface area contributed by atoms with Gasteiger partial charge in [-0.1, -0.05) is 0 Å². The fourth-order valence-electron chi connectivity index (χ4n) is 1.14. The lowest BCUT2D eigenvalue weighted by Gasteiger charge is -2.00. The molecule has 0 amide bonds. The number of aromatic nitrogens is 3. The van der Waals surface area contributed by atoms with Crippen molar-refractivity contribution in [1.82, 2.24) is 15.2 Å². The molecular weight excluding hydrogens is 228 g/mol. The van der Waals surface area contributed by atoms with Gasteiger partial charge in [-0.15, -0.1) is 16.4 Å². The summed E-state index contributed by atoms with van der Waals surface area (Å²) in [7, 11) is 0. The highest BCUT2D eigenvalue weighted by Gasteiger charge is 2.16. The number of rotatable bonds is 3. The zero-order valence-corrected chi connectivity index (χ0v) is 9.15. The third-order valence-electron chi connectivity index (χ3n) is 1.75. The molecule has 0 saturated heterocycles. The van der Waals surface area contributed by atoms with Crippen molar-refractivity contribution in [1.29, 1.82) is 0 Å². The first-order valence-corrected chi connectivity index (χ1v) is 5.24. The van der Waals surface area contributed by atoms with Gasteiger partial charge in [0, 0.05) is 6.20 Å². The van der Waals surface area contributed by atoms with E-state index in [1.54, 1.807) is 25.3 Å². The predicted molar refractivity (Wildman–Crippen MR) is 59.1 cm³/mol. The van der Waals surface area contributed by atoms with Crippen LogP contribution in [0.1, 0.15) is 15.5 Å². The van der Waals surface area contributed by atoms with Crippen molar-refractivity contribution in [2.75, 3.05) is 5.32 Å². The number of anilines is 2. The summed E-state index contributed by atoms with van der Waals surface area (Å²) in [6, 6.07) is 3.41. The molecule has 0 fully saturated rings. The molecular formula is C9H8N4O2S. The molecule has 0 aliphatic carbocycles. The Hall–Kier alpha value is -2.02. The smallest absolute Gasteiger partial charge is 0.357 e. The SMILES string of the molecule is Cc1nc(C(=O)O)c(Nc2cccnn2)s1. The Labute approximate surface area is 95.0 Å². The highest BCUT2D eigenvalue weighted by atomic mass is 32.1. The minimum atomic E-state index is -1.06. The maximum atomic E-state index is 10.9. The Balaban J connectivity index is 2.31. The third kappa shape index (κ3) is 2.14. The maximum Gasteiger partial charge on any atom is 0.357 e. The zero-order valence-electron chi connectivity index (χ0n) is 8.34. The minimum Gasteiger partial charge on any atom is -0.476 e. The molecule has 82 valence electrons. The normalized spacial score (nSPS) is 10.1. The first-order valence-electron chi connectivity index (χ1n) is 4.42. The van der Waals surface area contributed by atoms with Crippen LogP contribution in [-0.2, 0) is 0 Å². The van der Waals surface area contributed by atoms with Gasteiger partial charge in [0.15, 0.2) is 11.5 Å². The molecule has 0 atom stereocenters. The molecule has 2 rings (SSSR count). The molecule has 2 aromatic heterocycles. The lowest BCUT2D eigenvalue weighted by Crippen LogP contribution is -2.02. The Bertz CT molecular complexity index is 511. The molecule has 0 saturated carbocycles. The van der Waals surface area contributed by atoms with Crippen LogP contribution in [0.15, 0.2) is 18.3 Å². The number of hydrogen-bond acceptors (Lipinski definition) is 6. The third-order valence-corrected chi connectivity index (χ3v) is 2.64. The van der Waals surface area contributed by atoms with Gasteiger partial charge in [0.1, 0.15) is 5.00 Å². The quantitative estimate of drug-likeness (QED) is 0.843. The Morgan fingerprint density at radius 3 is 3.00 bits per heavy atom. The second-order valence-electron chi connectivity index (χ2n) is 2.95. The number of carbonyl (C=O) groups is 1. The van der Waals surface area contributed by atoms with Crippen molar-refractivity contribution in [3.8, 4) is 0 Å². The van der Waals surface area contributed by atoms with Crippen molar-refractivity contribution >= 4 is 28.1 Å². The van der Waals surface area contributed by atoms with Gasteiger partial charge in [-0.2, -0.15) is 5.10 Å². The number of aryl methyl sites for hydroxylation is 1. The van der Waals surface area contributed by atoms with E-state index in [0.29, 0.717) is 15.8 Å². The van der Waals surface area contributed by atoms with Crippen LogP contribution in [0.2, 0.25) is 0 Å². The molecule has 2 N–H and O–H groups in total. The lowest BCUT2D eigenvalue weighted by molar-refractivity contribution is 0.0692. The van der Waals surface area contributed by atoms with E-state index in [9.17, 15) is 4.79 Å². The lowest BCUT2D eigenvalue weighted by atomic mass is 10.4. The van der Waals surface area contributed by atoms with Crippen LogP contribution < -0.4 is 5.32 Å². The standard InChI is InChI=1S/C9H8N4O2S/c1-5-11-7(9(14)15)8(16-5)12-6-3-2-4-10-13-6/h2-4H,1H3,(H,12,13)(H,14,15). The fraction of sp³-hybridized carbons (Fsp3) is 0.111. The fourth-order valence-corrected chi connectivity index (χ4v) is 1.96. The summed E-state index contributed by atoms with van der Waals surface area (Å²) in [6.45, 7) is 1.75. The second-order valence-corrected chi connectivity index (χ2v) is 4.15. The first kappa shape index (κ1) is 10.5. The van der Waals surface area contributed by atoms with E-state index in [1.165, 1.54) is 11.3 Å². The van der Waals surface area contributed by atoms with Crippen molar-refractivity contribution in [2.24, 2.45) is 0 Å². The van der Waals surface area contributed by atoms with Crippen LogP contribution in [-0.4, -0.2) is 26.3 Å². The summed E-state index contributed by atoms with van der Waals surface area (Å²) >= 11 is 1.27. The molecule has 0 radical (unpaired) electrons. The van der Waals surface area contributed by atoms with Crippen LogP contribution >= 0.6 is 11.3 Å². The van der Waals surface area contributed by atoms with E-state index in [2.05, 4.69) is 20.5 Å². The van der Waals surface area contributed by atoms with Crippen LogP contribution in [0, 0.1) is 6.92 Å². The number of carboxylic acids is 1. The monoisotopic (exact) mass is 236 g/mol. The van der Waals surface area contributed by atoms with Gasteiger partial charge >= 0.3 is 5.97 Å². The molecule has 0 aliphatic heterocycles. The largest absolute Gasteiger partial charge is 0.476 e. The maximum absolute atomic E-state index is 10.9. The van der Waals surface area contributed by atoms with Gasteiger partial charge in [0.25, 0.3) is 0 Å². The summed E-state index contributed by atoms with van der Waals surface area (Å²) in [5.41, 5.74) is 0.00755. The highest BCUT2D eigenvalue weighted by molar-refractivity contribution is 7.16. The van der Waals surface area contributed by atoms with Crippen LogP contribution in [0.5, 0.6) is 0 Å². The molecule has 0 bridgehead atoms. The zero-order chi connectivity index (χ0) is 11.5. The average Bonchev–Trinajstić information content (AvgIpc) is 2.61. The summed E-state index contributed by atoms with van der Waals surface area (Å²) in [5.74, 6) is -0.565. The van der Waals surface area contributed by atoms with Gasteiger partial charge < -0.3 is 10.4 Å². The van der Waals surface area contributed by atoms with Crippen molar-refractivity contribution < 1.29 is 9.90 Å². The second kappa shape index (κ2) is 4.23. The molecule has 0 aromatic carbocycles. The van der Waals surface area contributed by atoms with E-state index in [1.807, 2.05) is 0 Å². The van der Waals surface area contributed by atoms with Gasteiger partial charge in [0.05, 0.1) is 5.01 Å². The van der Waals surface area contributed by atoms with E-state index in [-0.39, 0.29) is 5.69 Å². The molecule has 7 heteroatoms. The number of aromatic carboxylic acids is 1. The Kier molecular flexibility index (Phi) is 2.78. The van der Waals surface area contributed by atoms with E-state index >= 15 is 0 Å². The molecule has 2 heterocycles. The van der Waals surface area contributed by atoms with Crippen LogP contribution in [0.25, 0.3) is 0 Å². The molecule has 0 unspecified atom stereocenters. The number of carboxylic acid groups (broad SMARTS) is 1. The van der Waals surface area contributed by atoms with Gasteiger partial charge in [-0.25, -0.2) is 9.78 Å². The minimum absolute atomic E-state index is 0.00755. The van der Waals surface area contributed by atoms with Crippen molar-refractivity contribution in [2.45, 2.75) is 6.92 Å². The van der Waals surface area contributed by atoms with Crippen LogP contribution in [0.3, 0.4) is 0 Å². The van der Waals surface area contributed by atoms with E-state index < -0.39 is 5.97 Å². The molecule has 0 spiro atoms.